The van der Waals surface area contributed by atoms with Crippen LogP contribution >= 0.6 is 11.3 Å². The number of anilines is 1. The van der Waals surface area contributed by atoms with E-state index in [1.54, 1.807) is 11.3 Å². The van der Waals surface area contributed by atoms with Crippen LogP contribution in [0.4, 0.5) is 5.69 Å². The number of aromatic nitrogens is 6. The molecule has 0 spiro atoms. The van der Waals surface area contributed by atoms with Gasteiger partial charge in [-0.25, -0.2) is 19.9 Å². The Hall–Kier alpha value is -10.3. The smallest absolute Gasteiger partial charge is 0.192 e. The Bertz CT molecular complexity index is 5320. The summed E-state index contributed by atoms with van der Waals surface area (Å²) in [6.07, 6.45) is 7.10. The topological polar surface area (TPSA) is 114 Å². The van der Waals surface area contributed by atoms with Gasteiger partial charge in [0.15, 0.2) is 11.5 Å². The summed E-state index contributed by atoms with van der Waals surface area (Å²) in [6.45, 7) is 29.3. The lowest BCUT2D eigenvalue weighted by Crippen LogP contribution is -2.40. The summed E-state index contributed by atoms with van der Waals surface area (Å²) in [7, 11) is 0. The van der Waals surface area contributed by atoms with Gasteiger partial charge >= 0.3 is 0 Å². The fourth-order valence-electron chi connectivity index (χ4n) is 14.7. The van der Waals surface area contributed by atoms with Crippen LogP contribution < -0.4 is 4.90 Å². The predicted octanol–water partition coefficient (Wildman–Crippen LogP) is 22.4. The van der Waals surface area contributed by atoms with Gasteiger partial charge in [-0.3, -0.25) is 14.1 Å². The SMILES string of the molecule is Cc1nc2cc(C3=NC4C=C(c5cc(-c6ccc7c(c6)nc(-c6cccc(C#N)c6)n7-c6c(C(C)C)cccc6C(C)C)cc(-c6ccc7c(c6)nc(-c6ccc8scnc8c6)n7-c6c(C(C)C)cccc6C(C)C)c5)C=CC4N3c3c(C(C)C)cccc3C(C)C)ccc2o1. The fraction of sp³-hybridized carbons (Fsp3) is 0.247. The van der Waals surface area contributed by atoms with Crippen molar-refractivity contribution < 1.29 is 4.42 Å². The third kappa shape index (κ3) is 10.8. The Morgan fingerprint density at radius 3 is 1.48 bits per heavy atom. The van der Waals surface area contributed by atoms with Gasteiger partial charge in [0.1, 0.15) is 23.0 Å². The van der Waals surface area contributed by atoms with Crippen LogP contribution in [0, 0.1) is 18.3 Å². The highest BCUT2D eigenvalue weighted by Gasteiger charge is 2.40. The number of nitriles is 1. The first-order valence-electron chi connectivity index (χ1n) is 34.0. The summed E-state index contributed by atoms with van der Waals surface area (Å²) in [5.74, 6) is 4.76. The van der Waals surface area contributed by atoms with Crippen molar-refractivity contribution in [2.24, 2.45) is 4.99 Å². The van der Waals surface area contributed by atoms with E-state index in [1.165, 1.54) is 44.8 Å². The van der Waals surface area contributed by atoms with Gasteiger partial charge in [0, 0.05) is 23.6 Å². The summed E-state index contributed by atoms with van der Waals surface area (Å²) >= 11 is 1.66. The lowest BCUT2D eigenvalue weighted by molar-refractivity contribution is 0.561. The maximum atomic E-state index is 10.2. The average Bonchev–Trinajstić information content (AvgIpc) is 1.57. The van der Waals surface area contributed by atoms with Crippen molar-refractivity contribution in [3.63, 3.8) is 0 Å². The zero-order valence-corrected chi connectivity index (χ0v) is 57.8. The highest BCUT2D eigenvalue weighted by atomic mass is 32.1. The number of rotatable bonds is 15. The maximum absolute atomic E-state index is 10.2. The number of thiazole rings is 1. The molecule has 4 aromatic heterocycles. The number of allylic oxidation sites excluding steroid dienone is 2. The summed E-state index contributed by atoms with van der Waals surface area (Å²) < 4.78 is 11.9. The van der Waals surface area contributed by atoms with Crippen LogP contribution in [0.5, 0.6) is 0 Å². The number of amidine groups is 1. The van der Waals surface area contributed by atoms with E-state index in [-0.39, 0.29) is 47.6 Å². The van der Waals surface area contributed by atoms with E-state index in [1.807, 2.05) is 36.7 Å². The number of nitrogens with zero attached hydrogens (tertiary/aromatic N) is 9. The van der Waals surface area contributed by atoms with Gasteiger partial charge in [0.25, 0.3) is 0 Å². The highest BCUT2D eigenvalue weighted by molar-refractivity contribution is 7.16. The van der Waals surface area contributed by atoms with Crippen LogP contribution in [0.25, 0.3) is 105 Å². The molecule has 10 nitrogen and oxygen atoms in total. The molecular formula is C85H79N9OS. The van der Waals surface area contributed by atoms with Gasteiger partial charge in [-0.05, 0) is 199 Å². The molecule has 0 radical (unpaired) electrons. The quantitative estimate of drug-likeness (QED) is 0.100. The molecule has 96 heavy (non-hydrogen) atoms. The molecule has 11 heteroatoms. The molecule has 2 unspecified atom stereocenters. The van der Waals surface area contributed by atoms with E-state index in [0.29, 0.717) is 11.5 Å². The summed E-state index contributed by atoms with van der Waals surface area (Å²) in [5, 5.41) is 10.2. The van der Waals surface area contributed by atoms with Crippen molar-refractivity contribution in [1.82, 2.24) is 29.1 Å². The number of aryl methyl sites for hydroxylation is 1. The van der Waals surface area contributed by atoms with E-state index in [4.69, 9.17) is 29.3 Å². The number of fused-ring (bicyclic) bond motifs is 5. The molecule has 1 aliphatic carbocycles. The molecule has 2 aliphatic rings. The molecule has 0 fully saturated rings. The maximum Gasteiger partial charge on any atom is 0.192 e. The van der Waals surface area contributed by atoms with Crippen LogP contribution in [0.15, 0.2) is 203 Å². The van der Waals surface area contributed by atoms with Gasteiger partial charge in [-0.2, -0.15) is 5.26 Å². The molecule has 15 rings (SSSR count). The summed E-state index contributed by atoms with van der Waals surface area (Å²) in [5.41, 5.74) is 29.2. The van der Waals surface area contributed by atoms with E-state index >= 15 is 0 Å². The molecule has 0 saturated heterocycles. The van der Waals surface area contributed by atoms with Crippen molar-refractivity contribution >= 4 is 71.8 Å². The molecule has 0 bridgehead atoms. The fourth-order valence-corrected chi connectivity index (χ4v) is 15.4. The molecule has 0 amide bonds. The first-order valence-corrected chi connectivity index (χ1v) is 34.9. The zero-order chi connectivity index (χ0) is 66.5. The van der Waals surface area contributed by atoms with E-state index in [0.717, 1.165) is 117 Å². The minimum atomic E-state index is -0.225. The first kappa shape index (κ1) is 61.9. The Kier molecular flexibility index (Phi) is 15.8. The van der Waals surface area contributed by atoms with Crippen LogP contribution in [0.1, 0.15) is 175 Å². The molecule has 476 valence electrons. The number of hydrogen-bond acceptors (Lipinski definition) is 9. The van der Waals surface area contributed by atoms with Gasteiger partial charge in [0.05, 0.1) is 78.6 Å². The normalized spacial score (nSPS) is 14.9. The van der Waals surface area contributed by atoms with Crippen molar-refractivity contribution in [3.05, 3.63) is 250 Å². The molecule has 0 N–H and O–H groups in total. The highest BCUT2D eigenvalue weighted by Crippen LogP contribution is 2.46. The van der Waals surface area contributed by atoms with Crippen molar-refractivity contribution in [2.75, 3.05) is 4.90 Å². The Morgan fingerprint density at radius 2 is 0.938 bits per heavy atom. The van der Waals surface area contributed by atoms with Gasteiger partial charge < -0.3 is 9.32 Å². The van der Waals surface area contributed by atoms with Gasteiger partial charge in [0.2, 0.25) is 0 Å². The van der Waals surface area contributed by atoms with Gasteiger partial charge in [-0.15, -0.1) is 11.3 Å². The summed E-state index contributed by atoms with van der Waals surface area (Å²) in [4.78, 5) is 29.2. The Labute approximate surface area is 566 Å². The van der Waals surface area contributed by atoms with Crippen LogP contribution in [0.2, 0.25) is 0 Å². The van der Waals surface area contributed by atoms with E-state index in [9.17, 15) is 5.26 Å². The third-order valence-electron chi connectivity index (χ3n) is 19.5. The molecule has 0 saturated carbocycles. The lowest BCUT2D eigenvalue weighted by Gasteiger charge is -2.34. The lowest BCUT2D eigenvalue weighted by atomic mass is 9.87. The number of para-hydroxylation sites is 3. The Balaban J connectivity index is 0.946. The van der Waals surface area contributed by atoms with Crippen LogP contribution in [0.3, 0.4) is 0 Å². The zero-order valence-electron chi connectivity index (χ0n) is 56.9. The minimum absolute atomic E-state index is 0.101. The molecular weight excluding hydrogens is 1200 g/mol. The first-order chi connectivity index (χ1) is 46.4. The van der Waals surface area contributed by atoms with Crippen LogP contribution in [-0.2, 0) is 0 Å². The number of hydrogen-bond donors (Lipinski definition) is 0. The van der Waals surface area contributed by atoms with Crippen molar-refractivity contribution in [2.45, 2.75) is 138 Å². The van der Waals surface area contributed by atoms with Crippen molar-refractivity contribution in [3.8, 4) is 62.5 Å². The predicted molar refractivity (Wildman–Crippen MR) is 399 cm³/mol. The second kappa shape index (κ2) is 24.5. The molecule has 1 aliphatic heterocycles. The van der Waals surface area contributed by atoms with E-state index < -0.39 is 0 Å². The Morgan fingerprint density at radius 1 is 0.458 bits per heavy atom. The third-order valence-corrected chi connectivity index (χ3v) is 20.3. The number of oxazole rings is 1. The monoisotopic (exact) mass is 1270 g/mol. The van der Waals surface area contributed by atoms with Crippen molar-refractivity contribution in [1.29, 1.82) is 5.26 Å². The largest absolute Gasteiger partial charge is 0.441 e. The van der Waals surface area contributed by atoms with Gasteiger partial charge in [-0.1, -0.05) is 174 Å². The molecule has 2 atom stereocenters. The van der Waals surface area contributed by atoms with Crippen LogP contribution in [-0.4, -0.2) is 47.0 Å². The molecule has 5 heterocycles. The standard InChI is InChI=1S/C85H79N9OS/c1-47(2)64-20-15-21-65(48(3)4)80(64)92-75-31-26-55(40-70(75)89-83(92)58-19-14-18-54(36-58)45-86)61-37-62(56-27-32-76-71(41-56)90-84(59-29-34-78-73(43-59)88-53(13)95-78)93(76)81-66(49(5)6)22-16-23-67(81)50(7)8)39-63(38-61)57-28-33-77-72(42-57)91-85(60-30-35-79-74(44-60)87-46-96-79)94(77)82-68(51(9)10)24-17-25-69(82)52(11)12/h14-44,46-52,71,76H,1-13H3. The number of benzene rings is 9. The second-order valence-corrected chi connectivity index (χ2v) is 28.8. The minimum Gasteiger partial charge on any atom is -0.441 e. The average molecular weight is 1270 g/mol. The number of aliphatic imine (C=N–C) groups is 1. The second-order valence-electron chi connectivity index (χ2n) is 28.0. The van der Waals surface area contributed by atoms with E-state index in [2.05, 4.69) is 267 Å². The molecule has 13 aromatic rings. The summed E-state index contributed by atoms with van der Waals surface area (Å²) in [6, 6.07) is 63.8. The molecule has 9 aromatic carbocycles. The number of imidazole rings is 2.